The molecule has 0 radical (unpaired) electrons. The highest BCUT2D eigenvalue weighted by Crippen LogP contribution is 2.36. The molecule has 0 saturated heterocycles. The Morgan fingerprint density at radius 3 is 2.54 bits per heavy atom. The summed E-state index contributed by atoms with van der Waals surface area (Å²) in [6, 6.07) is 2.56. The van der Waals surface area contributed by atoms with Gasteiger partial charge < -0.3 is 19.1 Å². The zero-order valence-electron chi connectivity index (χ0n) is 16.3. The van der Waals surface area contributed by atoms with Gasteiger partial charge in [0.1, 0.15) is 12.2 Å². The van der Waals surface area contributed by atoms with Crippen molar-refractivity contribution in [1.82, 2.24) is 4.90 Å². The molecule has 0 spiro atoms. The lowest BCUT2D eigenvalue weighted by atomic mass is 9.93. The summed E-state index contributed by atoms with van der Waals surface area (Å²) in [6.45, 7) is 0.618. The normalized spacial score (nSPS) is 14.2. The molecule has 0 N–H and O–H groups in total. The number of methoxy groups -OCH3 is 2. The van der Waals surface area contributed by atoms with E-state index in [-0.39, 0.29) is 41.9 Å². The molecule has 1 aromatic carbocycles. The number of carbonyl (C=O) groups excluding carboxylic acids is 1. The number of terminal acetylenes is 1. The van der Waals surface area contributed by atoms with Crippen LogP contribution in [0.5, 0.6) is 11.5 Å². The van der Waals surface area contributed by atoms with Crippen molar-refractivity contribution in [2.45, 2.75) is 38.1 Å². The largest absolute Gasteiger partial charge is 0.493 e. The van der Waals surface area contributed by atoms with Crippen molar-refractivity contribution in [2.75, 3.05) is 34.0 Å². The fourth-order valence-electron chi connectivity index (χ4n) is 3.39. The number of ether oxygens (including phenoxy) is 3. The molecule has 1 fully saturated rings. The van der Waals surface area contributed by atoms with Gasteiger partial charge in [-0.25, -0.2) is 0 Å². The predicted molar refractivity (Wildman–Crippen MR) is 104 cm³/mol. The van der Waals surface area contributed by atoms with Crippen molar-refractivity contribution < 1.29 is 23.9 Å². The average Bonchev–Trinajstić information content (AvgIpc) is 2.71. The molecule has 0 atom stereocenters. The van der Waals surface area contributed by atoms with Crippen LogP contribution in [0.3, 0.4) is 0 Å². The molecule has 1 aromatic rings. The van der Waals surface area contributed by atoms with E-state index in [1.165, 1.54) is 26.4 Å². The van der Waals surface area contributed by atoms with E-state index in [4.69, 9.17) is 20.6 Å². The first-order valence-corrected chi connectivity index (χ1v) is 9.26. The summed E-state index contributed by atoms with van der Waals surface area (Å²) >= 11 is 0. The monoisotopic (exact) mass is 390 g/mol. The number of hydrogen-bond donors (Lipinski definition) is 0. The maximum Gasteiger partial charge on any atom is 0.286 e. The van der Waals surface area contributed by atoms with Crippen LogP contribution in [0.4, 0.5) is 5.69 Å². The second-order valence-electron chi connectivity index (χ2n) is 6.55. The molecule has 28 heavy (non-hydrogen) atoms. The van der Waals surface area contributed by atoms with Crippen LogP contribution >= 0.6 is 0 Å². The van der Waals surface area contributed by atoms with Crippen LogP contribution in [0.25, 0.3) is 0 Å². The zero-order chi connectivity index (χ0) is 20.5. The molecule has 0 heterocycles. The molecule has 0 bridgehead atoms. The van der Waals surface area contributed by atoms with Crippen molar-refractivity contribution >= 4 is 11.6 Å². The first kappa shape index (κ1) is 21.5. The fraction of sp³-hybridized carbons (Fsp3) is 0.550. The van der Waals surface area contributed by atoms with Crippen molar-refractivity contribution in [2.24, 2.45) is 0 Å². The molecule has 1 aliphatic rings. The Balaban J connectivity index is 2.41. The highest BCUT2D eigenvalue weighted by molar-refractivity contribution is 5.99. The number of amides is 1. The maximum absolute atomic E-state index is 13.2. The Hall–Kier alpha value is -2.79. The van der Waals surface area contributed by atoms with Gasteiger partial charge in [-0.3, -0.25) is 14.9 Å². The molecule has 0 unspecified atom stereocenters. The Bertz CT molecular complexity index is 737. The van der Waals surface area contributed by atoms with Crippen molar-refractivity contribution in [3.63, 3.8) is 0 Å². The Labute approximate surface area is 164 Å². The van der Waals surface area contributed by atoms with Crippen LogP contribution in [0.15, 0.2) is 12.1 Å². The molecular formula is C20H26N2O6. The highest BCUT2D eigenvalue weighted by atomic mass is 16.6. The molecule has 0 aliphatic heterocycles. The van der Waals surface area contributed by atoms with Gasteiger partial charge in [-0.05, 0) is 12.8 Å². The molecule has 8 heteroatoms. The summed E-state index contributed by atoms with van der Waals surface area (Å²) in [5, 5.41) is 11.6. The first-order chi connectivity index (χ1) is 13.5. The molecule has 152 valence electrons. The summed E-state index contributed by atoms with van der Waals surface area (Å²) in [5.74, 6) is 2.47. The number of benzene rings is 1. The number of nitro groups is 1. The van der Waals surface area contributed by atoms with E-state index in [2.05, 4.69) is 5.92 Å². The van der Waals surface area contributed by atoms with Crippen LogP contribution < -0.4 is 9.47 Å². The Morgan fingerprint density at radius 2 is 1.96 bits per heavy atom. The predicted octanol–water partition coefficient (Wildman–Crippen LogP) is 3.04. The van der Waals surface area contributed by atoms with Crippen LogP contribution in [-0.2, 0) is 4.74 Å². The molecule has 2 rings (SSSR count). The zero-order valence-corrected chi connectivity index (χ0v) is 16.3. The van der Waals surface area contributed by atoms with Crippen molar-refractivity contribution in [3.8, 4) is 23.8 Å². The van der Waals surface area contributed by atoms with Crippen LogP contribution in [0.1, 0.15) is 42.5 Å². The minimum absolute atomic E-state index is 0.0134. The molecule has 1 aliphatic carbocycles. The van der Waals surface area contributed by atoms with E-state index in [1.54, 1.807) is 4.90 Å². The smallest absolute Gasteiger partial charge is 0.286 e. The van der Waals surface area contributed by atoms with E-state index in [9.17, 15) is 14.9 Å². The van der Waals surface area contributed by atoms with Gasteiger partial charge >= 0.3 is 0 Å². The van der Waals surface area contributed by atoms with Gasteiger partial charge in [0.25, 0.3) is 11.6 Å². The number of carbonyl (C=O) groups is 1. The topological polar surface area (TPSA) is 91.1 Å². The van der Waals surface area contributed by atoms with Gasteiger partial charge in [0.2, 0.25) is 0 Å². The van der Waals surface area contributed by atoms with Crippen molar-refractivity contribution in [1.29, 1.82) is 0 Å². The number of nitro benzene ring substituents is 1. The summed E-state index contributed by atoms with van der Waals surface area (Å²) < 4.78 is 15.7. The second-order valence-corrected chi connectivity index (χ2v) is 6.55. The summed E-state index contributed by atoms with van der Waals surface area (Å²) in [5.41, 5.74) is -0.391. The molecule has 1 amide bonds. The minimum atomic E-state index is -0.592. The lowest BCUT2D eigenvalue weighted by Crippen LogP contribution is -2.42. The highest BCUT2D eigenvalue weighted by Gasteiger charge is 2.32. The SMILES string of the molecule is C#CCN(C(=O)c1cc(OC)c(OCCOC)cc1[N+](=O)[O-])C1CCCCC1. The van der Waals surface area contributed by atoms with Gasteiger partial charge in [0.05, 0.1) is 31.3 Å². The summed E-state index contributed by atoms with van der Waals surface area (Å²) in [4.78, 5) is 25.8. The fourth-order valence-corrected chi connectivity index (χ4v) is 3.39. The van der Waals surface area contributed by atoms with E-state index in [0.717, 1.165) is 32.1 Å². The molecular weight excluding hydrogens is 364 g/mol. The van der Waals surface area contributed by atoms with Crippen LogP contribution in [-0.4, -0.2) is 55.8 Å². The first-order valence-electron chi connectivity index (χ1n) is 9.26. The van der Waals surface area contributed by atoms with E-state index in [1.807, 2.05) is 0 Å². The third-order valence-corrected chi connectivity index (χ3v) is 4.79. The minimum Gasteiger partial charge on any atom is -0.493 e. The average molecular weight is 390 g/mol. The molecule has 1 saturated carbocycles. The second kappa shape index (κ2) is 10.5. The van der Waals surface area contributed by atoms with E-state index >= 15 is 0 Å². The quantitative estimate of drug-likeness (QED) is 0.279. The third-order valence-electron chi connectivity index (χ3n) is 4.79. The maximum atomic E-state index is 13.2. The van der Waals surface area contributed by atoms with Crippen molar-refractivity contribution in [3.05, 3.63) is 27.8 Å². The number of nitrogens with zero attached hydrogens (tertiary/aromatic N) is 2. The number of hydrogen-bond acceptors (Lipinski definition) is 6. The Kier molecular flexibility index (Phi) is 8.08. The summed E-state index contributed by atoms with van der Waals surface area (Å²) in [6.07, 6.45) is 10.3. The molecule has 0 aromatic heterocycles. The van der Waals surface area contributed by atoms with Gasteiger partial charge in [-0.2, -0.15) is 0 Å². The van der Waals surface area contributed by atoms with Crippen LogP contribution in [0, 0.1) is 22.5 Å². The Morgan fingerprint density at radius 1 is 1.25 bits per heavy atom. The van der Waals surface area contributed by atoms with Gasteiger partial charge in [-0.15, -0.1) is 6.42 Å². The molecule has 8 nitrogen and oxygen atoms in total. The summed E-state index contributed by atoms with van der Waals surface area (Å²) in [7, 11) is 2.94. The van der Waals surface area contributed by atoms with Gasteiger partial charge in [-0.1, -0.05) is 25.2 Å². The van der Waals surface area contributed by atoms with Gasteiger partial charge in [0.15, 0.2) is 11.5 Å². The van der Waals surface area contributed by atoms with E-state index < -0.39 is 10.8 Å². The lowest BCUT2D eigenvalue weighted by molar-refractivity contribution is -0.385. The number of rotatable bonds is 9. The van der Waals surface area contributed by atoms with Gasteiger partial charge in [0, 0.05) is 19.2 Å². The third kappa shape index (κ3) is 5.14. The van der Waals surface area contributed by atoms with Crippen LogP contribution in [0.2, 0.25) is 0 Å². The lowest BCUT2D eigenvalue weighted by Gasteiger charge is -2.33. The van der Waals surface area contributed by atoms with E-state index in [0.29, 0.717) is 6.61 Å². The standard InChI is InChI=1S/C20H26N2O6/c1-4-10-21(15-8-6-5-7-9-15)20(23)16-13-18(27-3)19(28-12-11-26-2)14-17(16)22(24)25/h1,13-15H,5-12H2,2-3H3.